The van der Waals surface area contributed by atoms with Crippen molar-refractivity contribution in [1.29, 1.82) is 0 Å². The van der Waals surface area contributed by atoms with Gasteiger partial charge in [0.2, 0.25) is 5.91 Å². The molecule has 46 heavy (non-hydrogen) atoms. The highest BCUT2D eigenvalue weighted by Gasteiger charge is 2.49. The Morgan fingerprint density at radius 3 is 2.24 bits per heavy atom. The first-order valence-corrected chi connectivity index (χ1v) is 16.3. The largest absolute Gasteiger partial charge is 0.381 e. The number of thioether (sulfide) groups is 1. The van der Waals surface area contributed by atoms with Crippen molar-refractivity contribution in [3.63, 3.8) is 0 Å². The van der Waals surface area contributed by atoms with E-state index in [0.29, 0.717) is 12.2 Å². The molecule has 1 saturated heterocycles. The van der Waals surface area contributed by atoms with Crippen LogP contribution in [0.3, 0.4) is 0 Å². The Morgan fingerprint density at radius 2 is 1.52 bits per heavy atom. The zero-order chi connectivity index (χ0) is 32.7. The number of hydrogen-bond acceptors (Lipinski definition) is 5. The standard InChI is InChI=1S/C37H40N4O4S/c1-25-14-10-11-19-28(25)23-38-34(43)33-37(2,3)46-24-41(33)35(44)32(42)31(22-26-15-6-4-7-16-26)40-36(45)39-30-21-13-12-20-29(30)27-17-8-5-9-18-27/h4-21,31-33,42H,22-24H2,1-3H3,(H,38,43)(H2,39,40,45). The van der Waals surface area contributed by atoms with Crippen LogP contribution in [-0.4, -0.2) is 56.7 Å². The molecular formula is C37H40N4O4S. The molecule has 0 bridgehead atoms. The van der Waals surface area contributed by atoms with Gasteiger partial charge in [0, 0.05) is 16.9 Å². The third-order valence-corrected chi connectivity index (χ3v) is 9.68. The minimum atomic E-state index is -1.60. The van der Waals surface area contributed by atoms with E-state index in [4.69, 9.17) is 0 Å². The van der Waals surface area contributed by atoms with Gasteiger partial charge in [-0.3, -0.25) is 9.59 Å². The van der Waals surface area contributed by atoms with Crippen LogP contribution >= 0.6 is 11.8 Å². The molecule has 0 aliphatic carbocycles. The molecule has 0 saturated carbocycles. The number of hydrogen-bond donors (Lipinski definition) is 4. The lowest BCUT2D eigenvalue weighted by molar-refractivity contribution is -0.147. The minimum Gasteiger partial charge on any atom is -0.381 e. The highest BCUT2D eigenvalue weighted by atomic mass is 32.2. The lowest BCUT2D eigenvalue weighted by Gasteiger charge is -2.33. The van der Waals surface area contributed by atoms with Crippen LogP contribution in [0.1, 0.15) is 30.5 Å². The average Bonchev–Trinajstić information content (AvgIpc) is 3.39. The van der Waals surface area contributed by atoms with Crippen molar-refractivity contribution < 1.29 is 19.5 Å². The molecule has 1 fully saturated rings. The number of aliphatic hydroxyl groups is 1. The summed E-state index contributed by atoms with van der Waals surface area (Å²) >= 11 is 1.48. The van der Waals surface area contributed by atoms with E-state index in [9.17, 15) is 19.5 Å². The molecule has 4 amide bonds. The first-order chi connectivity index (χ1) is 22.1. The summed E-state index contributed by atoms with van der Waals surface area (Å²) in [5.74, 6) is -0.665. The van der Waals surface area contributed by atoms with Gasteiger partial charge in [-0.1, -0.05) is 103 Å². The van der Waals surface area contributed by atoms with Gasteiger partial charge in [0.05, 0.1) is 17.6 Å². The molecule has 4 aromatic carbocycles. The summed E-state index contributed by atoms with van der Waals surface area (Å²) in [6.07, 6.45) is -1.40. The van der Waals surface area contributed by atoms with Crippen molar-refractivity contribution >= 4 is 35.3 Å². The lowest BCUT2D eigenvalue weighted by Crippen LogP contribution is -2.59. The summed E-state index contributed by atoms with van der Waals surface area (Å²) in [6, 6.07) is 32.0. The van der Waals surface area contributed by atoms with E-state index >= 15 is 0 Å². The molecule has 8 nitrogen and oxygen atoms in total. The summed E-state index contributed by atoms with van der Waals surface area (Å²) in [7, 11) is 0. The molecule has 0 radical (unpaired) electrons. The zero-order valence-electron chi connectivity index (χ0n) is 26.3. The molecule has 9 heteroatoms. The second-order valence-corrected chi connectivity index (χ2v) is 13.6. The van der Waals surface area contributed by atoms with Crippen LogP contribution in [0, 0.1) is 6.92 Å². The van der Waals surface area contributed by atoms with E-state index in [1.165, 1.54) is 16.7 Å². The number of aryl methyl sites for hydroxylation is 1. The van der Waals surface area contributed by atoms with E-state index in [1.807, 2.05) is 124 Å². The van der Waals surface area contributed by atoms with Crippen LogP contribution < -0.4 is 16.0 Å². The van der Waals surface area contributed by atoms with Gasteiger partial charge in [-0.25, -0.2) is 4.79 Å². The van der Waals surface area contributed by atoms with Crippen LogP contribution in [0.15, 0.2) is 109 Å². The van der Waals surface area contributed by atoms with E-state index < -0.39 is 34.9 Å². The fraction of sp³-hybridized carbons (Fsp3) is 0.270. The van der Waals surface area contributed by atoms with Gasteiger partial charge in [0.25, 0.3) is 5.91 Å². The van der Waals surface area contributed by atoms with Gasteiger partial charge in [0.15, 0.2) is 6.10 Å². The highest BCUT2D eigenvalue weighted by Crippen LogP contribution is 2.40. The highest BCUT2D eigenvalue weighted by molar-refractivity contribution is 8.00. The molecule has 3 unspecified atom stereocenters. The number of benzene rings is 4. The van der Waals surface area contributed by atoms with Gasteiger partial charge < -0.3 is 26.0 Å². The van der Waals surface area contributed by atoms with Crippen LogP contribution in [0.5, 0.6) is 0 Å². The Balaban J connectivity index is 1.34. The molecule has 1 heterocycles. The fourth-order valence-electron chi connectivity index (χ4n) is 5.74. The predicted molar refractivity (Wildman–Crippen MR) is 184 cm³/mol. The number of para-hydroxylation sites is 1. The molecule has 5 rings (SSSR count). The van der Waals surface area contributed by atoms with E-state index in [0.717, 1.165) is 27.8 Å². The van der Waals surface area contributed by atoms with Crippen LogP contribution in [-0.2, 0) is 22.6 Å². The number of urea groups is 1. The third kappa shape index (κ3) is 7.78. The summed E-state index contributed by atoms with van der Waals surface area (Å²) in [5, 5.41) is 20.4. The maximum absolute atomic E-state index is 14.0. The quantitative estimate of drug-likeness (QED) is 0.177. The topological polar surface area (TPSA) is 111 Å². The molecular weight excluding hydrogens is 596 g/mol. The summed E-state index contributed by atoms with van der Waals surface area (Å²) in [6.45, 7) is 6.16. The number of nitrogens with one attached hydrogen (secondary N) is 3. The summed E-state index contributed by atoms with van der Waals surface area (Å²) < 4.78 is -0.591. The Morgan fingerprint density at radius 1 is 0.891 bits per heavy atom. The number of aliphatic hydroxyl groups excluding tert-OH is 1. The molecule has 4 aromatic rings. The van der Waals surface area contributed by atoms with E-state index in [2.05, 4.69) is 16.0 Å². The Labute approximate surface area is 274 Å². The lowest BCUT2D eigenvalue weighted by atomic mass is 9.97. The van der Waals surface area contributed by atoms with Crippen molar-refractivity contribution in [2.75, 3.05) is 11.2 Å². The van der Waals surface area contributed by atoms with Crippen LogP contribution in [0.2, 0.25) is 0 Å². The Hall–Kier alpha value is -4.60. The molecule has 0 spiro atoms. The van der Waals surface area contributed by atoms with Gasteiger partial charge in [-0.15, -0.1) is 11.8 Å². The average molecular weight is 637 g/mol. The number of carbonyl (C=O) groups is 3. The van der Waals surface area contributed by atoms with E-state index in [-0.39, 0.29) is 18.2 Å². The predicted octanol–water partition coefficient (Wildman–Crippen LogP) is 5.75. The smallest absolute Gasteiger partial charge is 0.319 e. The normalized spacial score (nSPS) is 16.7. The van der Waals surface area contributed by atoms with Gasteiger partial charge in [0.1, 0.15) is 6.04 Å². The van der Waals surface area contributed by atoms with Gasteiger partial charge in [-0.05, 0) is 55.5 Å². The SMILES string of the molecule is Cc1ccccc1CNC(=O)C1N(C(=O)C(O)C(Cc2ccccc2)NC(=O)Nc2ccccc2-c2ccccc2)CSC1(C)C. The van der Waals surface area contributed by atoms with Gasteiger partial charge in [-0.2, -0.15) is 0 Å². The van der Waals surface area contributed by atoms with Crippen LogP contribution in [0.4, 0.5) is 10.5 Å². The number of carbonyl (C=O) groups excluding carboxylic acids is 3. The van der Waals surface area contributed by atoms with Crippen molar-refractivity contribution in [1.82, 2.24) is 15.5 Å². The second kappa shape index (κ2) is 14.7. The maximum Gasteiger partial charge on any atom is 0.319 e. The van der Waals surface area contributed by atoms with Crippen molar-refractivity contribution in [2.24, 2.45) is 0 Å². The second-order valence-electron chi connectivity index (χ2n) is 12.0. The fourth-order valence-corrected chi connectivity index (χ4v) is 6.88. The number of rotatable bonds is 10. The summed E-state index contributed by atoms with van der Waals surface area (Å²) in [5.41, 5.74) is 5.26. The zero-order valence-corrected chi connectivity index (χ0v) is 27.1. The molecule has 4 N–H and O–H groups in total. The Bertz CT molecular complexity index is 1660. The first kappa shape index (κ1) is 32.8. The minimum absolute atomic E-state index is 0.204. The van der Waals surface area contributed by atoms with Crippen molar-refractivity contribution in [3.8, 4) is 11.1 Å². The first-order valence-electron chi connectivity index (χ1n) is 15.3. The Kier molecular flexibility index (Phi) is 10.4. The van der Waals surface area contributed by atoms with Crippen LogP contribution in [0.25, 0.3) is 11.1 Å². The molecule has 1 aliphatic heterocycles. The molecule has 238 valence electrons. The van der Waals surface area contributed by atoms with Crippen molar-refractivity contribution in [2.45, 2.75) is 56.7 Å². The summed E-state index contributed by atoms with van der Waals surface area (Å²) in [4.78, 5) is 42.5. The number of amides is 4. The monoisotopic (exact) mass is 636 g/mol. The number of nitrogens with zero attached hydrogens (tertiary/aromatic N) is 1. The number of anilines is 1. The van der Waals surface area contributed by atoms with Crippen molar-refractivity contribution in [3.05, 3.63) is 126 Å². The molecule has 0 aromatic heterocycles. The van der Waals surface area contributed by atoms with E-state index in [1.54, 1.807) is 6.07 Å². The van der Waals surface area contributed by atoms with Gasteiger partial charge >= 0.3 is 6.03 Å². The molecule has 1 aliphatic rings. The third-order valence-electron chi connectivity index (χ3n) is 8.30. The maximum atomic E-state index is 14.0. The molecule has 3 atom stereocenters.